The largest absolute Gasteiger partial charge is 0.392 e. The predicted octanol–water partition coefficient (Wildman–Crippen LogP) is 2.24. The van der Waals surface area contributed by atoms with Crippen molar-refractivity contribution < 1.29 is 14.7 Å². The van der Waals surface area contributed by atoms with Crippen LogP contribution in [0, 0.1) is 12.8 Å². The third-order valence-electron chi connectivity index (χ3n) is 4.62. The molecule has 3 rings (SSSR count). The molecule has 0 saturated heterocycles. The lowest BCUT2D eigenvalue weighted by Gasteiger charge is -2.31. The number of ketones is 2. The van der Waals surface area contributed by atoms with Crippen LogP contribution >= 0.6 is 0 Å². The fourth-order valence-electron chi connectivity index (χ4n) is 3.33. The third-order valence-corrected chi connectivity index (χ3v) is 4.62. The summed E-state index contributed by atoms with van der Waals surface area (Å²) in [5, 5.41) is 11.8. The summed E-state index contributed by atoms with van der Waals surface area (Å²) in [5.74, 6) is -1.35. The summed E-state index contributed by atoms with van der Waals surface area (Å²) < 4.78 is 0. The summed E-state index contributed by atoms with van der Waals surface area (Å²) in [5.41, 5.74) is 7.83. The van der Waals surface area contributed by atoms with Gasteiger partial charge in [-0.2, -0.15) is 0 Å². The average molecular weight is 297 g/mol. The zero-order valence-electron chi connectivity index (χ0n) is 12.7. The number of aliphatic hydroxyl groups excluding tert-OH is 1. The lowest BCUT2D eigenvalue weighted by molar-refractivity contribution is 0.0532. The van der Waals surface area contributed by atoms with Crippen molar-refractivity contribution in [1.29, 1.82) is 0 Å². The molecule has 0 radical (unpaired) electrons. The maximum Gasteiger partial charge on any atom is 0.181 e. The van der Waals surface area contributed by atoms with Gasteiger partial charge in [0.2, 0.25) is 0 Å². The third kappa shape index (κ3) is 1.99. The number of aliphatic hydroxyl groups is 1. The minimum absolute atomic E-state index is 0.236. The summed E-state index contributed by atoms with van der Waals surface area (Å²) in [4.78, 5) is 25.4. The summed E-state index contributed by atoms with van der Waals surface area (Å²) in [6.45, 7) is 3.74. The average Bonchev–Trinajstić information content (AvgIpc) is 2.52. The van der Waals surface area contributed by atoms with Crippen LogP contribution in [0.1, 0.15) is 39.6 Å². The molecule has 3 N–H and O–H groups in total. The monoisotopic (exact) mass is 297 g/mol. The van der Waals surface area contributed by atoms with Crippen LogP contribution in [-0.4, -0.2) is 28.8 Å². The smallest absolute Gasteiger partial charge is 0.181 e. The number of aryl methyl sites for hydroxylation is 1. The van der Waals surface area contributed by atoms with Crippen molar-refractivity contribution >= 4 is 22.3 Å². The molecule has 0 aromatic heterocycles. The molecule has 4 nitrogen and oxygen atoms in total. The number of carbonyl (C=O) groups excluding carboxylic acids is 2. The van der Waals surface area contributed by atoms with E-state index < -0.39 is 18.1 Å². The summed E-state index contributed by atoms with van der Waals surface area (Å²) >= 11 is 0. The number of rotatable bonds is 2. The highest BCUT2D eigenvalue weighted by atomic mass is 16.3. The number of nitrogens with two attached hydrogens (primary N) is 1. The van der Waals surface area contributed by atoms with Crippen LogP contribution < -0.4 is 5.73 Å². The van der Waals surface area contributed by atoms with Crippen LogP contribution in [0.2, 0.25) is 0 Å². The first-order valence-electron chi connectivity index (χ1n) is 7.51. The van der Waals surface area contributed by atoms with Crippen LogP contribution in [0.25, 0.3) is 10.8 Å². The van der Waals surface area contributed by atoms with E-state index in [0.29, 0.717) is 17.5 Å². The SMILES string of the molecule is CCC(O)C1C(=O)c2ccc3c(C)cccc3c2C(=O)C1N. The molecule has 2 aromatic rings. The quantitative estimate of drug-likeness (QED) is 0.891. The molecule has 0 saturated carbocycles. The van der Waals surface area contributed by atoms with E-state index in [4.69, 9.17) is 5.73 Å². The Labute approximate surface area is 128 Å². The molecular weight excluding hydrogens is 278 g/mol. The molecule has 4 heteroatoms. The maximum absolute atomic E-state index is 12.7. The zero-order chi connectivity index (χ0) is 16.0. The van der Waals surface area contributed by atoms with E-state index in [1.807, 2.05) is 31.2 Å². The lowest BCUT2D eigenvalue weighted by atomic mass is 9.74. The summed E-state index contributed by atoms with van der Waals surface area (Å²) in [6, 6.07) is 8.24. The molecule has 0 spiro atoms. The standard InChI is InChI=1S/C18H19NO3/c1-3-13(20)15-16(19)18(22)14-11-6-4-5-9(2)10(11)7-8-12(14)17(15)21/h4-8,13,15-16,20H,3,19H2,1-2H3. The Hall–Kier alpha value is -2.04. The van der Waals surface area contributed by atoms with Crippen molar-refractivity contribution in [1.82, 2.24) is 0 Å². The van der Waals surface area contributed by atoms with Gasteiger partial charge in [-0.25, -0.2) is 0 Å². The van der Waals surface area contributed by atoms with Crippen LogP contribution in [0.15, 0.2) is 30.3 Å². The van der Waals surface area contributed by atoms with Crippen molar-refractivity contribution in [2.75, 3.05) is 0 Å². The molecule has 1 aliphatic rings. The van der Waals surface area contributed by atoms with Gasteiger partial charge in [-0.3, -0.25) is 9.59 Å². The van der Waals surface area contributed by atoms with Gasteiger partial charge in [0, 0.05) is 11.1 Å². The van der Waals surface area contributed by atoms with Gasteiger partial charge < -0.3 is 10.8 Å². The first kappa shape index (κ1) is 14.9. The lowest BCUT2D eigenvalue weighted by Crippen LogP contribution is -2.51. The number of hydrogen-bond acceptors (Lipinski definition) is 4. The molecule has 3 unspecified atom stereocenters. The fraction of sp³-hybridized carbons (Fsp3) is 0.333. The molecular formula is C18H19NO3. The highest BCUT2D eigenvalue weighted by Crippen LogP contribution is 2.34. The first-order chi connectivity index (χ1) is 10.5. The molecule has 0 heterocycles. The van der Waals surface area contributed by atoms with Crippen LogP contribution in [0.4, 0.5) is 0 Å². The number of Topliss-reactive ketones (excluding diaryl/α,β-unsaturated/α-hetero) is 2. The van der Waals surface area contributed by atoms with E-state index in [1.165, 1.54) is 0 Å². The molecule has 0 bridgehead atoms. The highest BCUT2D eigenvalue weighted by Gasteiger charge is 2.43. The molecule has 3 atom stereocenters. The van der Waals surface area contributed by atoms with Gasteiger partial charge >= 0.3 is 0 Å². The Morgan fingerprint density at radius 3 is 2.55 bits per heavy atom. The molecule has 0 amide bonds. The molecule has 22 heavy (non-hydrogen) atoms. The Morgan fingerprint density at radius 1 is 1.14 bits per heavy atom. The normalized spacial score (nSPS) is 22.7. The molecule has 0 fully saturated rings. The van der Waals surface area contributed by atoms with E-state index in [1.54, 1.807) is 13.0 Å². The number of benzene rings is 2. The van der Waals surface area contributed by atoms with Gasteiger partial charge in [-0.15, -0.1) is 0 Å². The van der Waals surface area contributed by atoms with Crippen molar-refractivity contribution in [2.45, 2.75) is 32.4 Å². The van der Waals surface area contributed by atoms with Gasteiger partial charge in [0.05, 0.1) is 18.1 Å². The Kier molecular flexibility index (Phi) is 3.59. The predicted molar refractivity (Wildman–Crippen MR) is 85.1 cm³/mol. The second-order valence-corrected chi connectivity index (χ2v) is 5.91. The molecule has 114 valence electrons. The second-order valence-electron chi connectivity index (χ2n) is 5.91. The van der Waals surface area contributed by atoms with Gasteiger partial charge in [0.25, 0.3) is 0 Å². The fourth-order valence-corrected chi connectivity index (χ4v) is 3.33. The van der Waals surface area contributed by atoms with Crippen molar-refractivity contribution in [3.05, 3.63) is 47.0 Å². The van der Waals surface area contributed by atoms with E-state index in [2.05, 4.69) is 0 Å². The van der Waals surface area contributed by atoms with Gasteiger partial charge in [0.1, 0.15) is 0 Å². The maximum atomic E-state index is 12.7. The van der Waals surface area contributed by atoms with Crippen molar-refractivity contribution in [2.24, 2.45) is 11.7 Å². The first-order valence-corrected chi connectivity index (χ1v) is 7.51. The van der Waals surface area contributed by atoms with E-state index in [9.17, 15) is 14.7 Å². The minimum Gasteiger partial charge on any atom is -0.392 e. The Morgan fingerprint density at radius 2 is 1.86 bits per heavy atom. The van der Waals surface area contributed by atoms with Gasteiger partial charge in [-0.05, 0) is 29.7 Å². The minimum atomic E-state index is -0.985. The van der Waals surface area contributed by atoms with E-state index in [-0.39, 0.29) is 11.6 Å². The second kappa shape index (κ2) is 5.30. The van der Waals surface area contributed by atoms with Crippen molar-refractivity contribution in [3.8, 4) is 0 Å². The van der Waals surface area contributed by atoms with Gasteiger partial charge in [0.15, 0.2) is 11.6 Å². The van der Waals surface area contributed by atoms with E-state index >= 15 is 0 Å². The van der Waals surface area contributed by atoms with Crippen LogP contribution in [-0.2, 0) is 0 Å². The Bertz CT molecular complexity index is 781. The zero-order valence-corrected chi connectivity index (χ0v) is 12.7. The number of carbonyl (C=O) groups is 2. The van der Waals surface area contributed by atoms with Crippen LogP contribution in [0.3, 0.4) is 0 Å². The molecule has 2 aromatic carbocycles. The Balaban J connectivity index is 2.28. The number of fused-ring (bicyclic) bond motifs is 3. The van der Waals surface area contributed by atoms with E-state index in [0.717, 1.165) is 16.3 Å². The number of hydrogen-bond donors (Lipinski definition) is 2. The van der Waals surface area contributed by atoms with Gasteiger partial charge in [-0.1, -0.05) is 37.3 Å². The highest BCUT2D eigenvalue weighted by molar-refractivity contribution is 6.23. The summed E-state index contributed by atoms with van der Waals surface area (Å²) in [6.07, 6.45) is -0.507. The van der Waals surface area contributed by atoms with Crippen LogP contribution in [0.5, 0.6) is 0 Å². The molecule has 1 aliphatic carbocycles. The molecule has 0 aliphatic heterocycles. The summed E-state index contributed by atoms with van der Waals surface area (Å²) in [7, 11) is 0. The van der Waals surface area contributed by atoms with Crippen molar-refractivity contribution in [3.63, 3.8) is 0 Å². The topological polar surface area (TPSA) is 80.4 Å².